The topological polar surface area (TPSA) is 46.3 Å². The number of amides is 2. The van der Waals surface area contributed by atoms with Crippen LogP contribution < -0.4 is 5.73 Å². The molecule has 1 radical (unpaired) electrons. The van der Waals surface area contributed by atoms with Gasteiger partial charge in [0.15, 0.2) is 0 Å². The van der Waals surface area contributed by atoms with E-state index in [-0.39, 0.29) is 6.03 Å². The number of rotatable bonds is 2. The molecule has 0 spiro atoms. The summed E-state index contributed by atoms with van der Waals surface area (Å²) in [6.07, 6.45) is 3.36. The van der Waals surface area contributed by atoms with Crippen molar-refractivity contribution in [2.45, 2.75) is 26.2 Å². The van der Waals surface area contributed by atoms with Crippen molar-refractivity contribution in [2.24, 2.45) is 5.73 Å². The van der Waals surface area contributed by atoms with Crippen LogP contribution in [0.4, 0.5) is 4.79 Å². The fraction of sp³-hybridized carbons (Fsp3) is 0.750. The second kappa shape index (κ2) is 3.60. The minimum atomic E-state index is -0.281. The second-order valence-corrected chi connectivity index (χ2v) is 3.01. The Morgan fingerprint density at radius 1 is 1.73 bits per heavy atom. The quantitative estimate of drug-likeness (QED) is 0.638. The summed E-state index contributed by atoms with van der Waals surface area (Å²) in [5.41, 5.74) is 5.13. The first-order valence-corrected chi connectivity index (χ1v) is 4.12. The molecule has 0 unspecified atom stereocenters. The number of likely N-dealkylation sites (tertiary alicyclic amines) is 1. The Labute approximate surface area is 67.5 Å². The van der Waals surface area contributed by atoms with Crippen molar-refractivity contribution in [1.29, 1.82) is 0 Å². The molecule has 0 aromatic heterocycles. The number of carbonyl (C=O) groups is 1. The van der Waals surface area contributed by atoms with Crippen LogP contribution in [0.15, 0.2) is 0 Å². The van der Waals surface area contributed by atoms with Gasteiger partial charge in [-0.2, -0.15) is 0 Å². The van der Waals surface area contributed by atoms with E-state index in [9.17, 15) is 4.79 Å². The van der Waals surface area contributed by atoms with E-state index in [1.165, 1.54) is 12.3 Å². The molecule has 1 heterocycles. The van der Waals surface area contributed by atoms with Crippen LogP contribution in [0.5, 0.6) is 0 Å². The van der Waals surface area contributed by atoms with Crippen molar-refractivity contribution in [3.63, 3.8) is 0 Å². The van der Waals surface area contributed by atoms with Crippen molar-refractivity contribution >= 4 is 6.03 Å². The largest absolute Gasteiger partial charge is 0.351 e. The van der Waals surface area contributed by atoms with Gasteiger partial charge in [-0.3, -0.25) is 0 Å². The van der Waals surface area contributed by atoms with E-state index in [2.05, 4.69) is 6.92 Å². The molecule has 0 bridgehead atoms. The van der Waals surface area contributed by atoms with E-state index in [0.29, 0.717) is 0 Å². The van der Waals surface area contributed by atoms with Crippen molar-refractivity contribution < 1.29 is 4.79 Å². The molecule has 11 heavy (non-hydrogen) atoms. The van der Waals surface area contributed by atoms with Crippen molar-refractivity contribution in [3.05, 3.63) is 5.92 Å². The predicted molar refractivity (Wildman–Crippen MR) is 43.9 cm³/mol. The number of nitrogens with zero attached hydrogens (tertiary/aromatic N) is 1. The minimum absolute atomic E-state index is 0.281. The monoisotopic (exact) mass is 155 g/mol. The fourth-order valence-electron chi connectivity index (χ4n) is 1.47. The third-order valence-corrected chi connectivity index (χ3v) is 2.06. The lowest BCUT2D eigenvalue weighted by molar-refractivity contribution is 0.219. The van der Waals surface area contributed by atoms with E-state index in [4.69, 9.17) is 5.73 Å². The van der Waals surface area contributed by atoms with Crippen LogP contribution in [-0.4, -0.2) is 24.0 Å². The summed E-state index contributed by atoms with van der Waals surface area (Å²) in [5.74, 6) is 1.46. The van der Waals surface area contributed by atoms with Gasteiger partial charge in [-0.25, -0.2) is 4.79 Å². The maximum absolute atomic E-state index is 10.7. The number of hydrogen-bond acceptors (Lipinski definition) is 1. The third-order valence-electron chi connectivity index (χ3n) is 2.06. The molecule has 1 saturated heterocycles. The van der Waals surface area contributed by atoms with Gasteiger partial charge in [0.2, 0.25) is 0 Å². The van der Waals surface area contributed by atoms with Crippen LogP contribution in [0.1, 0.15) is 26.2 Å². The molecule has 0 aromatic rings. The highest BCUT2D eigenvalue weighted by Crippen LogP contribution is 2.22. The summed E-state index contributed by atoms with van der Waals surface area (Å²) in [6, 6.07) is -0.281. The summed E-state index contributed by atoms with van der Waals surface area (Å²) in [4.78, 5) is 12.4. The molecule has 1 rings (SSSR count). The molecule has 2 N–H and O–H groups in total. The zero-order valence-electron chi connectivity index (χ0n) is 6.97. The molecule has 1 fully saturated rings. The third kappa shape index (κ3) is 2.10. The molecule has 2 amide bonds. The van der Waals surface area contributed by atoms with Crippen LogP contribution >= 0.6 is 0 Å². The van der Waals surface area contributed by atoms with Gasteiger partial charge in [0.1, 0.15) is 0 Å². The van der Waals surface area contributed by atoms with Gasteiger partial charge in [0, 0.05) is 13.1 Å². The molecule has 0 aromatic carbocycles. The molecule has 1 aliphatic rings. The lowest BCUT2D eigenvalue weighted by Crippen LogP contribution is -2.33. The van der Waals surface area contributed by atoms with Crippen LogP contribution in [0.2, 0.25) is 0 Å². The van der Waals surface area contributed by atoms with Crippen molar-refractivity contribution in [2.75, 3.05) is 13.1 Å². The molecule has 3 nitrogen and oxygen atoms in total. The zero-order valence-corrected chi connectivity index (χ0v) is 6.97. The van der Waals surface area contributed by atoms with Gasteiger partial charge in [0.25, 0.3) is 0 Å². The van der Waals surface area contributed by atoms with E-state index in [0.717, 1.165) is 25.9 Å². The second-order valence-electron chi connectivity index (χ2n) is 3.01. The zero-order chi connectivity index (χ0) is 8.27. The first kappa shape index (κ1) is 8.37. The Balaban J connectivity index is 2.29. The Morgan fingerprint density at radius 2 is 2.45 bits per heavy atom. The van der Waals surface area contributed by atoms with Crippen LogP contribution in [0, 0.1) is 5.92 Å². The lowest BCUT2D eigenvalue weighted by Gasteiger charge is -2.11. The van der Waals surface area contributed by atoms with Crippen molar-refractivity contribution in [3.8, 4) is 0 Å². The van der Waals surface area contributed by atoms with Gasteiger partial charge >= 0.3 is 6.03 Å². The van der Waals surface area contributed by atoms with E-state index >= 15 is 0 Å². The molecule has 0 aliphatic carbocycles. The minimum Gasteiger partial charge on any atom is -0.351 e. The average Bonchev–Trinajstić information content (AvgIpc) is 2.37. The molecular formula is C8H15N2O. The van der Waals surface area contributed by atoms with Gasteiger partial charge < -0.3 is 10.6 Å². The average molecular weight is 155 g/mol. The Bertz CT molecular complexity index is 147. The molecule has 0 atom stereocenters. The molecular weight excluding hydrogens is 140 g/mol. The highest BCUT2D eigenvalue weighted by Gasteiger charge is 2.23. The number of primary amides is 1. The molecule has 1 aliphatic heterocycles. The summed E-state index contributed by atoms with van der Waals surface area (Å²) < 4.78 is 0. The smallest absolute Gasteiger partial charge is 0.314 e. The Morgan fingerprint density at radius 3 is 2.91 bits per heavy atom. The maximum Gasteiger partial charge on any atom is 0.314 e. The SMILES string of the molecule is CCC[C]1CCN(C(N)=O)C1. The molecule has 0 saturated carbocycles. The summed E-state index contributed by atoms with van der Waals surface area (Å²) >= 11 is 0. The Kier molecular flexibility index (Phi) is 2.74. The van der Waals surface area contributed by atoms with Gasteiger partial charge in [-0.15, -0.1) is 0 Å². The highest BCUT2D eigenvalue weighted by molar-refractivity contribution is 5.72. The Hall–Kier alpha value is -0.730. The van der Waals surface area contributed by atoms with Gasteiger partial charge in [0.05, 0.1) is 0 Å². The van der Waals surface area contributed by atoms with Gasteiger partial charge in [-0.05, 0) is 18.8 Å². The van der Waals surface area contributed by atoms with Crippen LogP contribution in [-0.2, 0) is 0 Å². The maximum atomic E-state index is 10.7. The number of carbonyl (C=O) groups excluding carboxylic acids is 1. The van der Waals surface area contributed by atoms with E-state index in [1.54, 1.807) is 4.90 Å². The highest BCUT2D eigenvalue weighted by atomic mass is 16.2. The number of hydrogen-bond donors (Lipinski definition) is 1. The van der Waals surface area contributed by atoms with Crippen LogP contribution in [0.3, 0.4) is 0 Å². The van der Waals surface area contributed by atoms with Crippen molar-refractivity contribution in [1.82, 2.24) is 4.90 Å². The first-order valence-electron chi connectivity index (χ1n) is 4.12. The van der Waals surface area contributed by atoms with Gasteiger partial charge in [-0.1, -0.05) is 13.3 Å². The standard InChI is InChI=1S/C8H15N2O/c1-2-3-7-4-5-10(6-7)8(9)11/h2-6H2,1H3,(H2,9,11). The number of nitrogens with two attached hydrogens (primary N) is 1. The summed E-state index contributed by atoms with van der Waals surface area (Å²) in [6.45, 7) is 3.77. The van der Waals surface area contributed by atoms with Crippen LogP contribution in [0.25, 0.3) is 0 Å². The first-order chi connectivity index (χ1) is 5.24. The number of urea groups is 1. The lowest BCUT2D eigenvalue weighted by atomic mass is 10.0. The predicted octanol–water partition coefficient (Wildman–Crippen LogP) is 1.15. The normalized spacial score (nSPS) is 19.2. The summed E-state index contributed by atoms with van der Waals surface area (Å²) in [5, 5.41) is 0. The molecule has 3 heteroatoms. The van der Waals surface area contributed by atoms with E-state index < -0.39 is 0 Å². The summed E-state index contributed by atoms with van der Waals surface area (Å²) in [7, 11) is 0. The molecule has 63 valence electrons. The van der Waals surface area contributed by atoms with E-state index in [1.807, 2.05) is 0 Å². The fourth-order valence-corrected chi connectivity index (χ4v) is 1.47.